The number of H-pyrrole nitrogens is 2. The van der Waals surface area contributed by atoms with Crippen molar-refractivity contribution >= 4 is 11.4 Å². The fraction of sp³-hybridized carbons (Fsp3) is 0.0909. The summed E-state index contributed by atoms with van der Waals surface area (Å²) in [5, 5.41) is 2.93. The fourth-order valence-electron chi connectivity index (χ4n) is 1.38. The highest BCUT2D eigenvalue weighted by atomic mass is 16.2. The normalized spacial score (nSPS) is 10.1. The fourth-order valence-corrected chi connectivity index (χ4v) is 1.38. The van der Waals surface area contributed by atoms with E-state index in [-0.39, 0.29) is 0 Å². The number of aromatic amines is 2. The van der Waals surface area contributed by atoms with E-state index in [4.69, 9.17) is 0 Å². The van der Waals surface area contributed by atoms with E-state index in [1.165, 1.54) is 6.20 Å². The van der Waals surface area contributed by atoms with E-state index < -0.39 is 11.2 Å². The summed E-state index contributed by atoms with van der Waals surface area (Å²) < 4.78 is 0. The quantitative estimate of drug-likeness (QED) is 0.705. The topological polar surface area (TPSA) is 77.8 Å². The monoisotopic (exact) mass is 217 g/mol. The number of hydrogen-bond acceptors (Lipinski definition) is 3. The molecule has 5 nitrogen and oxygen atoms in total. The van der Waals surface area contributed by atoms with Gasteiger partial charge in [0.2, 0.25) is 0 Å². The Morgan fingerprint density at radius 2 is 2.06 bits per heavy atom. The van der Waals surface area contributed by atoms with Gasteiger partial charge in [0, 0.05) is 11.9 Å². The second-order valence-corrected chi connectivity index (χ2v) is 3.48. The first-order chi connectivity index (χ1) is 7.65. The molecule has 1 heterocycles. The van der Waals surface area contributed by atoms with E-state index >= 15 is 0 Å². The first-order valence-corrected chi connectivity index (χ1v) is 4.81. The predicted molar refractivity (Wildman–Crippen MR) is 62.1 cm³/mol. The van der Waals surface area contributed by atoms with E-state index in [2.05, 4.69) is 15.3 Å². The van der Waals surface area contributed by atoms with Crippen molar-refractivity contribution in [3.05, 3.63) is 56.9 Å². The van der Waals surface area contributed by atoms with Crippen molar-refractivity contribution in [3.63, 3.8) is 0 Å². The number of aromatic nitrogens is 2. The molecule has 1 aromatic carbocycles. The van der Waals surface area contributed by atoms with Crippen molar-refractivity contribution in [2.45, 2.75) is 6.92 Å². The smallest absolute Gasteiger partial charge is 0.325 e. The molecule has 0 fully saturated rings. The molecule has 0 amide bonds. The number of rotatable bonds is 2. The van der Waals surface area contributed by atoms with Crippen molar-refractivity contribution in [1.82, 2.24) is 9.97 Å². The lowest BCUT2D eigenvalue weighted by Crippen LogP contribution is -2.23. The Balaban J connectivity index is 2.34. The first kappa shape index (κ1) is 10.2. The molecule has 0 spiro atoms. The van der Waals surface area contributed by atoms with Gasteiger partial charge in [0.1, 0.15) is 5.69 Å². The average Bonchev–Trinajstić information content (AvgIpc) is 2.22. The van der Waals surface area contributed by atoms with Gasteiger partial charge in [-0.05, 0) is 24.6 Å². The van der Waals surface area contributed by atoms with E-state index in [0.717, 1.165) is 11.3 Å². The molecule has 0 atom stereocenters. The second kappa shape index (κ2) is 4.06. The summed E-state index contributed by atoms with van der Waals surface area (Å²) >= 11 is 0. The summed E-state index contributed by atoms with van der Waals surface area (Å²) in [6.07, 6.45) is 1.35. The van der Waals surface area contributed by atoms with Crippen LogP contribution in [0.2, 0.25) is 0 Å². The Morgan fingerprint density at radius 3 is 2.75 bits per heavy atom. The van der Waals surface area contributed by atoms with Crippen LogP contribution in [0.5, 0.6) is 0 Å². The lowest BCUT2D eigenvalue weighted by atomic mass is 10.2. The SMILES string of the molecule is Cc1cccc(Nc2c[nH]c(=O)[nH]c2=O)c1. The Morgan fingerprint density at radius 1 is 1.25 bits per heavy atom. The largest absolute Gasteiger partial charge is 0.350 e. The van der Waals surface area contributed by atoms with Crippen LogP contribution >= 0.6 is 0 Å². The molecule has 3 N–H and O–H groups in total. The molecule has 82 valence electrons. The lowest BCUT2D eigenvalue weighted by molar-refractivity contribution is 1.04. The molecule has 0 unspecified atom stereocenters. The second-order valence-electron chi connectivity index (χ2n) is 3.48. The Labute approximate surface area is 91.2 Å². The van der Waals surface area contributed by atoms with E-state index in [1.54, 1.807) is 0 Å². The van der Waals surface area contributed by atoms with Crippen LogP contribution in [0.3, 0.4) is 0 Å². The summed E-state index contributed by atoms with van der Waals surface area (Å²) in [5.41, 5.74) is 1.25. The molecular weight excluding hydrogens is 206 g/mol. The van der Waals surface area contributed by atoms with Crippen LogP contribution in [-0.4, -0.2) is 9.97 Å². The molecule has 2 aromatic rings. The summed E-state index contributed by atoms with van der Waals surface area (Å²) in [6.45, 7) is 1.96. The van der Waals surface area contributed by atoms with Gasteiger partial charge in [-0.25, -0.2) is 4.79 Å². The highest BCUT2D eigenvalue weighted by molar-refractivity contribution is 5.58. The molecule has 0 saturated heterocycles. The third-order valence-electron chi connectivity index (χ3n) is 2.12. The molecule has 0 aliphatic carbocycles. The molecule has 2 rings (SSSR count). The maximum absolute atomic E-state index is 11.4. The Hall–Kier alpha value is -2.30. The van der Waals surface area contributed by atoms with Gasteiger partial charge in [0.05, 0.1) is 0 Å². The van der Waals surface area contributed by atoms with Gasteiger partial charge in [-0.3, -0.25) is 9.78 Å². The summed E-state index contributed by atoms with van der Waals surface area (Å²) in [4.78, 5) is 26.7. The van der Waals surface area contributed by atoms with Crippen LogP contribution in [0, 0.1) is 6.92 Å². The molecule has 0 saturated carbocycles. The first-order valence-electron chi connectivity index (χ1n) is 4.81. The van der Waals surface area contributed by atoms with Crippen LogP contribution in [0.4, 0.5) is 11.4 Å². The lowest BCUT2D eigenvalue weighted by Gasteiger charge is -2.05. The summed E-state index contributed by atoms with van der Waals surface area (Å²) in [7, 11) is 0. The molecule has 0 aliphatic rings. The number of hydrogen-bond donors (Lipinski definition) is 3. The van der Waals surface area contributed by atoms with Crippen LogP contribution < -0.4 is 16.6 Å². The third kappa shape index (κ3) is 2.20. The molecule has 16 heavy (non-hydrogen) atoms. The zero-order valence-electron chi connectivity index (χ0n) is 8.70. The number of benzene rings is 1. The maximum Gasteiger partial charge on any atom is 0.325 e. The predicted octanol–water partition coefficient (Wildman–Crippen LogP) is 1.12. The Kier molecular flexibility index (Phi) is 2.59. The standard InChI is InChI=1S/C11H11N3O2/c1-7-3-2-4-8(5-7)13-9-6-12-11(16)14-10(9)15/h2-6,13H,1H3,(H2,12,14,15,16). The highest BCUT2D eigenvalue weighted by Gasteiger charge is 2.00. The van der Waals surface area contributed by atoms with Crippen LogP contribution in [0.25, 0.3) is 0 Å². The molecule has 1 aromatic heterocycles. The van der Waals surface area contributed by atoms with Crippen molar-refractivity contribution in [3.8, 4) is 0 Å². The number of anilines is 2. The van der Waals surface area contributed by atoms with E-state index in [9.17, 15) is 9.59 Å². The Bertz CT molecular complexity index is 613. The molecular formula is C11H11N3O2. The third-order valence-corrected chi connectivity index (χ3v) is 2.12. The highest BCUT2D eigenvalue weighted by Crippen LogP contribution is 2.13. The van der Waals surface area contributed by atoms with Crippen molar-refractivity contribution in [2.24, 2.45) is 0 Å². The van der Waals surface area contributed by atoms with Gasteiger partial charge < -0.3 is 10.3 Å². The zero-order valence-corrected chi connectivity index (χ0v) is 8.70. The van der Waals surface area contributed by atoms with Gasteiger partial charge >= 0.3 is 5.69 Å². The minimum absolute atomic E-state index is 0.310. The molecule has 5 heteroatoms. The summed E-state index contributed by atoms with van der Waals surface area (Å²) in [6, 6.07) is 7.60. The minimum Gasteiger partial charge on any atom is -0.350 e. The zero-order chi connectivity index (χ0) is 11.5. The van der Waals surface area contributed by atoms with Gasteiger partial charge in [-0.15, -0.1) is 0 Å². The molecule has 0 aliphatic heterocycles. The van der Waals surface area contributed by atoms with Gasteiger partial charge in [-0.2, -0.15) is 0 Å². The van der Waals surface area contributed by atoms with Gasteiger partial charge in [0.15, 0.2) is 0 Å². The summed E-state index contributed by atoms with van der Waals surface area (Å²) in [5.74, 6) is 0. The van der Waals surface area contributed by atoms with Crippen LogP contribution in [-0.2, 0) is 0 Å². The van der Waals surface area contributed by atoms with Gasteiger partial charge in [-0.1, -0.05) is 12.1 Å². The van der Waals surface area contributed by atoms with Crippen LogP contribution in [0.15, 0.2) is 40.1 Å². The molecule has 0 radical (unpaired) electrons. The van der Waals surface area contributed by atoms with Crippen molar-refractivity contribution < 1.29 is 0 Å². The van der Waals surface area contributed by atoms with E-state index in [1.807, 2.05) is 31.2 Å². The molecule has 0 bridgehead atoms. The van der Waals surface area contributed by atoms with Crippen LogP contribution in [0.1, 0.15) is 5.56 Å². The van der Waals surface area contributed by atoms with Gasteiger partial charge in [0.25, 0.3) is 5.56 Å². The minimum atomic E-state index is -0.514. The van der Waals surface area contributed by atoms with Crippen molar-refractivity contribution in [2.75, 3.05) is 5.32 Å². The average molecular weight is 217 g/mol. The number of aryl methyl sites for hydroxylation is 1. The number of nitrogens with one attached hydrogen (secondary N) is 3. The maximum atomic E-state index is 11.4. The van der Waals surface area contributed by atoms with Crippen molar-refractivity contribution in [1.29, 1.82) is 0 Å². The van der Waals surface area contributed by atoms with E-state index in [0.29, 0.717) is 5.69 Å².